The van der Waals surface area contributed by atoms with Gasteiger partial charge in [0.25, 0.3) is 0 Å². The van der Waals surface area contributed by atoms with Crippen molar-refractivity contribution in [3.63, 3.8) is 0 Å². The van der Waals surface area contributed by atoms with Gasteiger partial charge < -0.3 is 14.7 Å². The molecule has 1 heterocycles. The predicted octanol–water partition coefficient (Wildman–Crippen LogP) is -1.18. The first-order valence-electron chi connectivity index (χ1n) is 2.59. The second-order valence-electron chi connectivity index (χ2n) is 1.51. The van der Waals surface area contributed by atoms with Gasteiger partial charge in [0.15, 0.2) is 0 Å². The summed E-state index contributed by atoms with van der Waals surface area (Å²) in [5.41, 5.74) is 0. The van der Waals surface area contributed by atoms with Crippen LogP contribution in [0, 0.1) is 0 Å². The molecule has 0 radical (unpaired) electrons. The van der Waals surface area contributed by atoms with Gasteiger partial charge in [0, 0.05) is 12.3 Å². The highest BCUT2D eigenvalue weighted by atomic mass is 16.6. The van der Waals surface area contributed by atoms with Crippen molar-refractivity contribution in [3.05, 3.63) is 18.3 Å². The minimum absolute atomic E-state index is 0.0810. The third-order valence-corrected chi connectivity index (χ3v) is 0.774. The number of nitrogens with zero attached hydrogens (tertiary/aromatic N) is 2. The van der Waals surface area contributed by atoms with E-state index in [-0.39, 0.29) is 5.88 Å². The lowest BCUT2D eigenvalue weighted by molar-refractivity contribution is 0.282. The van der Waals surface area contributed by atoms with Gasteiger partial charge in [-0.3, -0.25) is 0 Å². The molecule has 0 unspecified atom stereocenters. The van der Waals surface area contributed by atoms with Gasteiger partial charge in [0.05, 0.1) is 0 Å². The summed E-state index contributed by atoms with van der Waals surface area (Å²) in [6.45, 7) is 0. The lowest BCUT2D eigenvalue weighted by Gasteiger charge is -1.99. The van der Waals surface area contributed by atoms with E-state index in [0.717, 1.165) is 0 Å². The lowest BCUT2D eigenvalue weighted by Crippen LogP contribution is -2.21. The van der Waals surface area contributed by atoms with Crippen molar-refractivity contribution in [2.24, 2.45) is 0 Å². The molecule has 52 valence electrons. The van der Waals surface area contributed by atoms with E-state index in [1.54, 1.807) is 6.07 Å². The molecule has 6 heteroatoms. The van der Waals surface area contributed by atoms with E-state index >= 15 is 0 Å². The SMILES string of the molecule is OB(O)Oc1cccnn1. The first-order chi connectivity index (χ1) is 4.79. The van der Waals surface area contributed by atoms with Gasteiger partial charge >= 0.3 is 7.32 Å². The minimum atomic E-state index is -1.84. The molecule has 0 amide bonds. The van der Waals surface area contributed by atoms with E-state index in [1.165, 1.54) is 12.3 Å². The van der Waals surface area contributed by atoms with Crippen molar-refractivity contribution < 1.29 is 14.7 Å². The molecule has 0 spiro atoms. The molecular formula is C4H5BN2O3. The Balaban J connectivity index is 2.59. The second kappa shape index (κ2) is 3.14. The van der Waals surface area contributed by atoms with Crippen LogP contribution < -0.4 is 4.65 Å². The van der Waals surface area contributed by atoms with Gasteiger partial charge in [-0.15, -0.1) is 5.10 Å². The summed E-state index contributed by atoms with van der Waals surface area (Å²) in [5.74, 6) is 0.0810. The Morgan fingerprint density at radius 1 is 1.50 bits per heavy atom. The maximum atomic E-state index is 8.27. The van der Waals surface area contributed by atoms with Gasteiger partial charge in [-0.1, -0.05) is 0 Å². The number of hydrogen-bond donors (Lipinski definition) is 2. The van der Waals surface area contributed by atoms with Crippen LogP contribution in [0.5, 0.6) is 5.88 Å². The largest absolute Gasteiger partial charge is 0.708 e. The molecule has 0 aromatic carbocycles. The molecular weight excluding hydrogens is 135 g/mol. The van der Waals surface area contributed by atoms with Crippen LogP contribution in [0.3, 0.4) is 0 Å². The zero-order valence-corrected chi connectivity index (χ0v) is 5.01. The van der Waals surface area contributed by atoms with Crippen molar-refractivity contribution in [2.45, 2.75) is 0 Å². The fourth-order valence-electron chi connectivity index (χ4n) is 0.458. The number of aromatic nitrogens is 2. The van der Waals surface area contributed by atoms with Crippen molar-refractivity contribution in [1.29, 1.82) is 0 Å². The van der Waals surface area contributed by atoms with Crippen LogP contribution in [0.4, 0.5) is 0 Å². The minimum Gasteiger partial charge on any atom is -0.497 e. The standard InChI is InChI=1S/C4H5BN2O3/c8-5(9)10-4-2-1-3-6-7-4/h1-3,8-9H. The van der Waals surface area contributed by atoms with Crippen LogP contribution in [-0.4, -0.2) is 27.6 Å². The third-order valence-electron chi connectivity index (χ3n) is 0.774. The molecule has 1 aromatic rings. The van der Waals surface area contributed by atoms with E-state index in [9.17, 15) is 0 Å². The molecule has 0 aliphatic heterocycles. The van der Waals surface area contributed by atoms with Crippen molar-refractivity contribution in [1.82, 2.24) is 10.2 Å². The zero-order valence-electron chi connectivity index (χ0n) is 5.01. The topological polar surface area (TPSA) is 75.5 Å². The van der Waals surface area contributed by atoms with Crippen molar-refractivity contribution >= 4 is 7.32 Å². The van der Waals surface area contributed by atoms with Crippen LogP contribution in [0.2, 0.25) is 0 Å². The number of hydrogen-bond acceptors (Lipinski definition) is 5. The van der Waals surface area contributed by atoms with Crippen LogP contribution in [0.25, 0.3) is 0 Å². The molecule has 0 saturated carbocycles. The first kappa shape index (κ1) is 6.98. The lowest BCUT2D eigenvalue weighted by atomic mass is 10.3. The molecule has 0 atom stereocenters. The second-order valence-corrected chi connectivity index (χ2v) is 1.51. The fourth-order valence-corrected chi connectivity index (χ4v) is 0.458. The molecule has 0 aliphatic carbocycles. The first-order valence-corrected chi connectivity index (χ1v) is 2.59. The highest BCUT2D eigenvalue weighted by molar-refractivity contribution is 6.33. The Kier molecular flexibility index (Phi) is 2.19. The molecule has 0 bridgehead atoms. The molecule has 2 N–H and O–H groups in total. The van der Waals surface area contributed by atoms with Gasteiger partial charge in [-0.05, 0) is 6.07 Å². The predicted molar refractivity (Wildman–Crippen MR) is 32.9 cm³/mol. The Labute approximate surface area is 57.5 Å². The average Bonchev–Trinajstić information content (AvgIpc) is 1.88. The summed E-state index contributed by atoms with van der Waals surface area (Å²) in [6.07, 6.45) is 1.45. The Morgan fingerprint density at radius 3 is 2.80 bits per heavy atom. The highest BCUT2D eigenvalue weighted by Crippen LogP contribution is 2.00. The zero-order chi connectivity index (χ0) is 7.40. The van der Waals surface area contributed by atoms with Gasteiger partial charge in [0.2, 0.25) is 5.88 Å². The molecule has 0 saturated heterocycles. The fraction of sp³-hybridized carbons (Fsp3) is 0. The summed E-state index contributed by atoms with van der Waals surface area (Å²) < 4.78 is 4.35. The quantitative estimate of drug-likeness (QED) is 0.506. The summed E-state index contributed by atoms with van der Waals surface area (Å²) in [6, 6.07) is 3.04. The highest BCUT2D eigenvalue weighted by Gasteiger charge is 2.10. The van der Waals surface area contributed by atoms with Crippen LogP contribution in [-0.2, 0) is 0 Å². The Hall–Kier alpha value is -1.14. The average molecular weight is 140 g/mol. The van der Waals surface area contributed by atoms with Gasteiger partial charge in [-0.2, -0.15) is 5.10 Å². The molecule has 0 fully saturated rings. The summed E-state index contributed by atoms with van der Waals surface area (Å²) in [5, 5.41) is 23.4. The normalized spacial score (nSPS) is 9.00. The number of rotatable bonds is 2. The van der Waals surface area contributed by atoms with Crippen molar-refractivity contribution in [3.8, 4) is 5.88 Å². The van der Waals surface area contributed by atoms with Gasteiger partial charge in [0.1, 0.15) is 0 Å². The van der Waals surface area contributed by atoms with Crippen LogP contribution in [0.1, 0.15) is 0 Å². The summed E-state index contributed by atoms with van der Waals surface area (Å²) >= 11 is 0. The van der Waals surface area contributed by atoms with Crippen molar-refractivity contribution in [2.75, 3.05) is 0 Å². The molecule has 1 rings (SSSR count). The third kappa shape index (κ3) is 2.00. The van der Waals surface area contributed by atoms with Crippen LogP contribution in [0.15, 0.2) is 18.3 Å². The van der Waals surface area contributed by atoms with E-state index in [0.29, 0.717) is 0 Å². The van der Waals surface area contributed by atoms with E-state index in [4.69, 9.17) is 10.0 Å². The van der Waals surface area contributed by atoms with E-state index in [2.05, 4.69) is 14.9 Å². The monoisotopic (exact) mass is 140 g/mol. The molecule has 10 heavy (non-hydrogen) atoms. The Bertz CT molecular complexity index is 193. The maximum absolute atomic E-state index is 8.27. The molecule has 5 nitrogen and oxygen atoms in total. The molecule has 1 aromatic heterocycles. The van der Waals surface area contributed by atoms with E-state index in [1.807, 2.05) is 0 Å². The smallest absolute Gasteiger partial charge is 0.497 e. The molecule has 0 aliphatic rings. The summed E-state index contributed by atoms with van der Waals surface area (Å²) in [7, 11) is -1.84. The Morgan fingerprint density at radius 2 is 2.30 bits per heavy atom. The van der Waals surface area contributed by atoms with Crippen LogP contribution >= 0.6 is 0 Å². The maximum Gasteiger partial charge on any atom is 0.708 e. The summed E-state index contributed by atoms with van der Waals surface area (Å²) in [4.78, 5) is 0. The van der Waals surface area contributed by atoms with E-state index < -0.39 is 7.32 Å². The van der Waals surface area contributed by atoms with Gasteiger partial charge in [-0.25, -0.2) is 0 Å².